The molecule has 9 heteroatoms. The molecule has 2 amide bonds. The van der Waals surface area contributed by atoms with Crippen LogP contribution in [0.5, 0.6) is 0 Å². The van der Waals surface area contributed by atoms with E-state index in [1.54, 1.807) is 22.3 Å². The average Bonchev–Trinajstić information content (AvgIpc) is 3.15. The van der Waals surface area contributed by atoms with Gasteiger partial charge in [0.15, 0.2) is 0 Å². The molecule has 0 saturated carbocycles. The van der Waals surface area contributed by atoms with Crippen molar-refractivity contribution in [1.82, 2.24) is 9.88 Å². The van der Waals surface area contributed by atoms with Gasteiger partial charge >= 0.3 is 12.2 Å². The Morgan fingerprint density at radius 3 is 2.44 bits per heavy atom. The number of hydrogen-bond donors (Lipinski definition) is 1. The monoisotopic (exact) mass is 463 g/mol. The minimum absolute atomic E-state index is 0.205. The van der Waals surface area contributed by atoms with Gasteiger partial charge in [-0.05, 0) is 56.2 Å². The van der Waals surface area contributed by atoms with Crippen molar-refractivity contribution in [2.75, 3.05) is 18.4 Å². The number of piperidine rings is 1. The minimum Gasteiger partial charge on any atom is -0.324 e. The second kappa shape index (κ2) is 8.90. The van der Waals surface area contributed by atoms with Crippen LogP contribution in [0.25, 0.3) is 11.3 Å². The summed E-state index contributed by atoms with van der Waals surface area (Å²) in [5.74, 6) is -0.0973. The summed E-state index contributed by atoms with van der Waals surface area (Å²) in [6, 6.07) is 10.4. The molecule has 2 aromatic carbocycles. The normalized spacial score (nSPS) is 15.1. The lowest BCUT2D eigenvalue weighted by atomic mass is 9.97. The Bertz CT molecular complexity index is 1100. The summed E-state index contributed by atoms with van der Waals surface area (Å²) in [5.41, 5.74) is 1.10. The minimum atomic E-state index is -4.41. The lowest BCUT2D eigenvalue weighted by Crippen LogP contribution is -2.40. The van der Waals surface area contributed by atoms with Crippen LogP contribution >= 0.6 is 11.3 Å². The van der Waals surface area contributed by atoms with E-state index in [9.17, 15) is 22.4 Å². The number of likely N-dealkylation sites (tertiary alicyclic amines) is 1. The number of hydrogen-bond acceptors (Lipinski definition) is 3. The zero-order chi connectivity index (χ0) is 22.9. The van der Waals surface area contributed by atoms with Gasteiger partial charge in [0.1, 0.15) is 5.82 Å². The lowest BCUT2D eigenvalue weighted by molar-refractivity contribution is -0.137. The van der Waals surface area contributed by atoms with Crippen molar-refractivity contribution in [2.24, 2.45) is 0 Å². The topological polar surface area (TPSA) is 45.2 Å². The first-order chi connectivity index (χ1) is 15.2. The van der Waals surface area contributed by atoms with Crippen LogP contribution in [0, 0.1) is 12.7 Å². The fraction of sp³-hybridized carbons (Fsp3) is 0.304. The second-order valence-corrected chi connectivity index (χ2v) is 8.97. The molecule has 1 aliphatic heterocycles. The Kier molecular flexibility index (Phi) is 6.19. The number of benzene rings is 2. The van der Waals surface area contributed by atoms with E-state index in [2.05, 4.69) is 5.32 Å². The molecule has 0 spiro atoms. The van der Waals surface area contributed by atoms with Gasteiger partial charge in [-0.25, -0.2) is 14.2 Å². The molecule has 0 aliphatic carbocycles. The van der Waals surface area contributed by atoms with E-state index in [4.69, 9.17) is 4.98 Å². The van der Waals surface area contributed by atoms with Crippen LogP contribution in [0.2, 0.25) is 0 Å². The number of amides is 2. The van der Waals surface area contributed by atoms with E-state index in [0.29, 0.717) is 18.8 Å². The number of carbonyl (C=O) groups excluding carboxylic acids is 1. The Labute approximate surface area is 186 Å². The molecule has 1 N–H and O–H groups in total. The number of aromatic nitrogens is 1. The smallest absolute Gasteiger partial charge is 0.324 e. The summed E-state index contributed by atoms with van der Waals surface area (Å²) in [7, 11) is 0. The van der Waals surface area contributed by atoms with Crippen LogP contribution in [-0.4, -0.2) is 29.0 Å². The van der Waals surface area contributed by atoms with E-state index < -0.39 is 11.7 Å². The molecular weight excluding hydrogens is 442 g/mol. The predicted octanol–water partition coefficient (Wildman–Crippen LogP) is 6.69. The first-order valence-electron chi connectivity index (χ1n) is 10.2. The largest absolute Gasteiger partial charge is 0.416 e. The molecule has 1 saturated heterocycles. The first kappa shape index (κ1) is 22.3. The van der Waals surface area contributed by atoms with E-state index in [-0.39, 0.29) is 17.8 Å². The van der Waals surface area contributed by atoms with Gasteiger partial charge in [0, 0.05) is 35.1 Å². The molecule has 4 rings (SSSR count). The van der Waals surface area contributed by atoms with Gasteiger partial charge in [-0.1, -0.05) is 12.1 Å². The number of nitrogens with zero attached hydrogens (tertiary/aromatic N) is 2. The third-order valence-electron chi connectivity index (χ3n) is 5.51. The quantitative estimate of drug-likeness (QED) is 0.440. The van der Waals surface area contributed by atoms with Crippen molar-refractivity contribution in [3.8, 4) is 11.3 Å². The van der Waals surface area contributed by atoms with Crippen molar-refractivity contribution in [3.05, 3.63) is 69.8 Å². The maximum atomic E-state index is 13.6. The Hall–Kier alpha value is -2.94. The summed E-state index contributed by atoms with van der Waals surface area (Å²) in [4.78, 5) is 19.9. The van der Waals surface area contributed by atoms with Gasteiger partial charge < -0.3 is 10.2 Å². The van der Waals surface area contributed by atoms with Crippen molar-refractivity contribution >= 4 is 23.1 Å². The van der Waals surface area contributed by atoms with Gasteiger partial charge in [0.05, 0.1) is 16.3 Å². The number of carbonyl (C=O) groups is 1. The van der Waals surface area contributed by atoms with Crippen LogP contribution < -0.4 is 5.32 Å². The maximum Gasteiger partial charge on any atom is 0.416 e. The van der Waals surface area contributed by atoms with Crippen molar-refractivity contribution in [3.63, 3.8) is 0 Å². The fourth-order valence-corrected chi connectivity index (χ4v) is 4.88. The zero-order valence-corrected chi connectivity index (χ0v) is 18.1. The summed E-state index contributed by atoms with van der Waals surface area (Å²) in [6.07, 6.45) is -2.95. The third kappa shape index (κ3) is 4.93. The van der Waals surface area contributed by atoms with Gasteiger partial charge in [0.25, 0.3) is 0 Å². The van der Waals surface area contributed by atoms with E-state index in [0.717, 1.165) is 46.1 Å². The van der Waals surface area contributed by atoms with Crippen molar-refractivity contribution in [2.45, 2.75) is 31.9 Å². The van der Waals surface area contributed by atoms with E-state index in [1.165, 1.54) is 24.3 Å². The SMILES string of the molecule is Cc1sc(C2CCN(C(=O)Nc3ccc(C(F)(F)F)cc3)CC2)nc1-c1cccc(F)c1. The van der Waals surface area contributed by atoms with Crippen LogP contribution in [0.1, 0.15) is 34.2 Å². The van der Waals surface area contributed by atoms with Gasteiger partial charge in [-0.3, -0.25) is 0 Å². The Morgan fingerprint density at radius 1 is 1.12 bits per heavy atom. The van der Waals surface area contributed by atoms with Gasteiger partial charge in [-0.2, -0.15) is 13.2 Å². The molecule has 0 atom stereocenters. The molecule has 1 aliphatic rings. The van der Waals surface area contributed by atoms with E-state index >= 15 is 0 Å². The first-order valence-corrected chi connectivity index (χ1v) is 11.0. The molecule has 2 heterocycles. The summed E-state index contributed by atoms with van der Waals surface area (Å²) in [5, 5.41) is 3.63. The zero-order valence-electron chi connectivity index (χ0n) is 17.2. The number of rotatable bonds is 3. The van der Waals surface area contributed by atoms with Gasteiger partial charge in [0.2, 0.25) is 0 Å². The Balaban J connectivity index is 1.36. The highest BCUT2D eigenvalue weighted by molar-refractivity contribution is 7.12. The van der Waals surface area contributed by atoms with Crippen molar-refractivity contribution < 1.29 is 22.4 Å². The number of urea groups is 1. The van der Waals surface area contributed by atoms with Crippen LogP contribution in [0.4, 0.5) is 28.0 Å². The third-order valence-corrected chi connectivity index (χ3v) is 6.64. The standard InChI is InChI=1S/C23H21F4N3OS/c1-14-20(16-3-2-4-18(24)13-16)29-21(32-14)15-9-11-30(12-10-15)22(31)28-19-7-5-17(6-8-19)23(25,26)27/h2-8,13,15H,9-12H2,1H3,(H,28,31). The lowest BCUT2D eigenvalue weighted by Gasteiger charge is -2.31. The molecule has 1 aromatic heterocycles. The van der Waals surface area contributed by atoms with E-state index in [1.807, 2.05) is 13.0 Å². The fourth-order valence-electron chi connectivity index (χ4n) is 3.77. The number of alkyl halides is 3. The molecule has 168 valence electrons. The predicted molar refractivity (Wildman–Crippen MR) is 116 cm³/mol. The molecule has 0 radical (unpaired) electrons. The molecule has 3 aromatic rings. The van der Waals surface area contributed by atoms with Crippen molar-refractivity contribution in [1.29, 1.82) is 0 Å². The van der Waals surface area contributed by atoms with Crippen LogP contribution in [0.3, 0.4) is 0 Å². The Morgan fingerprint density at radius 2 is 1.81 bits per heavy atom. The number of nitrogens with one attached hydrogen (secondary N) is 1. The summed E-state index contributed by atoms with van der Waals surface area (Å²) in [6.45, 7) is 3.00. The molecule has 0 unspecified atom stereocenters. The number of aryl methyl sites for hydroxylation is 1. The second-order valence-electron chi connectivity index (χ2n) is 7.73. The highest BCUT2D eigenvalue weighted by Gasteiger charge is 2.30. The highest BCUT2D eigenvalue weighted by atomic mass is 32.1. The molecule has 0 bridgehead atoms. The van der Waals surface area contributed by atoms with Crippen LogP contribution in [-0.2, 0) is 6.18 Å². The van der Waals surface area contributed by atoms with Gasteiger partial charge in [-0.15, -0.1) is 11.3 Å². The average molecular weight is 464 g/mol. The maximum absolute atomic E-state index is 13.6. The number of anilines is 1. The number of thiazole rings is 1. The summed E-state index contributed by atoms with van der Waals surface area (Å²) < 4.78 is 51.6. The molecular formula is C23H21F4N3OS. The van der Waals surface area contributed by atoms with Crippen LogP contribution in [0.15, 0.2) is 48.5 Å². The number of halogens is 4. The highest BCUT2D eigenvalue weighted by Crippen LogP contribution is 2.36. The molecule has 4 nitrogen and oxygen atoms in total. The summed E-state index contributed by atoms with van der Waals surface area (Å²) >= 11 is 1.59. The molecule has 1 fully saturated rings. The molecule has 32 heavy (non-hydrogen) atoms.